The predicted octanol–water partition coefficient (Wildman–Crippen LogP) is 7.66. The summed E-state index contributed by atoms with van der Waals surface area (Å²) in [6.45, 7) is 10.8. The molecule has 0 radical (unpaired) electrons. The summed E-state index contributed by atoms with van der Waals surface area (Å²) in [7, 11) is 0. The van der Waals surface area contributed by atoms with Gasteiger partial charge in [0.1, 0.15) is 5.65 Å². The molecule has 0 aliphatic carbocycles. The minimum atomic E-state index is 1.02. The third-order valence-corrected chi connectivity index (χ3v) is 6.33. The molecule has 2 aromatic heterocycles. The van der Waals surface area contributed by atoms with Crippen molar-refractivity contribution in [2.45, 2.75) is 34.6 Å². The zero-order valence-corrected chi connectivity index (χ0v) is 18.2. The maximum Gasteiger partial charge on any atom is 0.146 e. The number of hydrogen-bond acceptors (Lipinski definition) is 1. The third-order valence-electron chi connectivity index (χ3n) is 6.33. The monoisotopic (exact) mass is 390 g/mol. The number of imidazole rings is 1. The molecule has 0 unspecified atom stereocenters. The maximum absolute atomic E-state index is 4.99. The SMILES string of the molecule is CC=C(C)c1cccc2c3cc(C)ccc3n3c(-c4c(C)cccc4C)cnc3c12. The van der Waals surface area contributed by atoms with E-state index in [-0.39, 0.29) is 0 Å². The number of pyridine rings is 1. The number of nitrogens with zero attached hydrogens (tertiary/aromatic N) is 2. The van der Waals surface area contributed by atoms with Crippen molar-refractivity contribution in [1.29, 1.82) is 0 Å². The standard InChI is InChI=1S/C28H26N2/c1-6-18(3)21-11-8-12-22-23-15-17(2)13-14-24(23)30-25(16-29-28(30)27(21)22)26-19(4)9-7-10-20(26)5/h6-16H,1-5H3. The third kappa shape index (κ3) is 2.60. The van der Waals surface area contributed by atoms with Crippen molar-refractivity contribution in [3.63, 3.8) is 0 Å². The van der Waals surface area contributed by atoms with Crippen molar-refractivity contribution >= 4 is 32.9 Å². The fourth-order valence-corrected chi connectivity index (χ4v) is 4.73. The van der Waals surface area contributed by atoms with Crippen LogP contribution in [-0.2, 0) is 0 Å². The molecule has 5 aromatic rings. The van der Waals surface area contributed by atoms with Gasteiger partial charge in [-0.25, -0.2) is 4.98 Å². The van der Waals surface area contributed by atoms with Crippen molar-refractivity contribution in [2.24, 2.45) is 0 Å². The number of fused-ring (bicyclic) bond motifs is 6. The van der Waals surface area contributed by atoms with Crippen molar-refractivity contribution in [2.75, 3.05) is 0 Å². The summed E-state index contributed by atoms with van der Waals surface area (Å²) in [4.78, 5) is 4.99. The first-order chi connectivity index (χ1) is 14.5. The Morgan fingerprint density at radius 3 is 2.37 bits per heavy atom. The highest BCUT2D eigenvalue weighted by molar-refractivity contribution is 6.16. The summed E-state index contributed by atoms with van der Waals surface area (Å²) < 4.78 is 2.36. The highest BCUT2D eigenvalue weighted by Gasteiger charge is 2.18. The number of hydrogen-bond donors (Lipinski definition) is 0. The van der Waals surface area contributed by atoms with Crippen LogP contribution in [0.1, 0.15) is 36.1 Å². The predicted molar refractivity (Wildman–Crippen MR) is 129 cm³/mol. The van der Waals surface area contributed by atoms with Gasteiger partial charge < -0.3 is 0 Å². The molecule has 0 amide bonds. The van der Waals surface area contributed by atoms with Crippen LogP contribution in [0.25, 0.3) is 44.2 Å². The summed E-state index contributed by atoms with van der Waals surface area (Å²) >= 11 is 0. The molecule has 148 valence electrons. The van der Waals surface area contributed by atoms with Gasteiger partial charge in [0.2, 0.25) is 0 Å². The average molecular weight is 391 g/mol. The van der Waals surface area contributed by atoms with Crippen molar-refractivity contribution < 1.29 is 0 Å². The van der Waals surface area contributed by atoms with Crippen LogP contribution in [0.5, 0.6) is 0 Å². The molecular formula is C28H26N2. The van der Waals surface area contributed by atoms with Gasteiger partial charge in [0.25, 0.3) is 0 Å². The summed E-state index contributed by atoms with van der Waals surface area (Å²) in [5, 5.41) is 3.76. The first kappa shape index (κ1) is 18.6. The van der Waals surface area contributed by atoms with E-state index in [1.165, 1.54) is 55.1 Å². The molecule has 0 spiro atoms. The van der Waals surface area contributed by atoms with Gasteiger partial charge in [0.15, 0.2) is 0 Å². The molecule has 0 atom stereocenters. The van der Waals surface area contributed by atoms with E-state index >= 15 is 0 Å². The molecule has 2 heteroatoms. The van der Waals surface area contributed by atoms with E-state index < -0.39 is 0 Å². The minimum Gasteiger partial charge on any atom is -0.292 e. The van der Waals surface area contributed by atoms with Gasteiger partial charge in [-0.15, -0.1) is 0 Å². The zero-order valence-electron chi connectivity index (χ0n) is 18.2. The first-order valence-electron chi connectivity index (χ1n) is 10.5. The quantitative estimate of drug-likeness (QED) is 0.283. The summed E-state index contributed by atoms with van der Waals surface area (Å²) in [6, 6.07) is 19.9. The number of aromatic nitrogens is 2. The normalized spacial score (nSPS) is 12.4. The molecule has 30 heavy (non-hydrogen) atoms. The molecule has 0 saturated carbocycles. The number of benzene rings is 3. The maximum atomic E-state index is 4.99. The molecule has 0 aliphatic heterocycles. The van der Waals surface area contributed by atoms with Gasteiger partial charge in [-0.3, -0.25) is 4.40 Å². The Bertz CT molecular complexity index is 1460. The molecular weight excluding hydrogens is 364 g/mol. The molecule has 0 N–H and O–H groups in total. The molecule has 0 saturated heterocycles. The first-order valence-corrected chi connectivity index (χ1v) is 10.5. The highest BCUT2D eigenvalue weighted by Crippen LogP contribution is 2.38. The molecule has 3 aromatic carbocycles. The summed E-state index contributed by atoms with van der Waals surface area (Å²) in [5.41, 5.74) is 11.0. The molecule has 0 aliphatic rings. The van der Waals surface area contributed by atoms with E-state index in [4.69, 9.17) is 4.98 Å². The van der Waals surface area contributed by atoms with Crippen LogP contribution in [-0.4, -0.2) is 9.38 Å². The lowest BCUT2D eigenvalue weighted by Gasteiger charge is -2.16. The van der Waals surface area contributed by atoms with E-state index in [9.17, 15) is 0 Å². The van der Waals surface area contributed by atoms with E-state index in [1.807, 2.05) is 6.20 Å². The van der Waals surface area contributed by atoms with Crippen LogP contribution in [0, 0.1) is 20.8 Å². The minimum absolute atomic E-state index is 1.02. The van der Waals surface area contributed by atoms with Gasteiger partial charge in [0, 0.05) is 16.3 Å². The second kappa shape index (κ2) is 6.84. The van der Waals surface area contributed by atoms with Crippen LogP contribution < -0.4 is 0 Å². The second-order valence-electron chi connectivity index (χ2n) is 8.29. The topological polar surface area (TPSA) is 17.3 Å². The van der Waals surface area contributed by atoms with E-state index in [0.717, 1.165) is 11.3 Å². The van der Waals surface area contributed by atoms with Gasteiger partial charge in [-0.2, -0.15) is 0 Å². The zero-order chi connectivity index (χ0) is 21.0. The van der Waals surface area contributed by atoms with Crippen LogP contribution in [0.4, 0.5) is 0 Å². The molecule has 5 rings (SSSR count). The Morgan fingerprint density at radius 2 is 1.63 bits per heavy atom. The van der Waals surface area contributed by atoms with E-state index in [1.54, 1.807) is 0 Å². The Labute approximate surface area is 177 Å². The number of aryl methyl sites for hydroxylation is 3. The van der Waals surface area contributed by atoms with E-state index in [0.29, 0.717) is 0 Å². The average Bonchev–Trinajstić information content (AvgIpc) is 3.17. The van der Waals surface area contributed by atoms with E-state index in [2.05, 4.69) is 99.7 Å². The Kier molecular flexibility index (Phi) is 4.25. The van der Waals surface area contributed by atoms with Gasteiger partial charge in [-0.05, 0) is 74.4 Å². The van der Waals surface area contributed by atoms with Crippen LogP contribution >= 0.6 is 0 Å². The van der Waals surface area contributed by atoms with Gasteiger partial charge >= 0.3 is 0 Å². The molecule has 0 bridgehead atoms. The summed E-state index contributed by atoms with van der Waals surface area (Å²) in [5.74, 6) is 0. The fraction of sp³-hybridized carbons (Fsp3) is 0.179. The smallest absolute Gasteiger partial charge is 0.146 e. The lowest BCUT2D eigenvalue weighted by molar-refractivity contribution is 1.24. The van der Waals surface area contributed by atoms with Crippen molar-refractivity contribution in [3.8, 4) is 11.3 Å². The number of allylic oxidation sites excluding steroid dienone is 2. The Hall–Kier alpha value is -3.39. The number of rotatable bonds is 2. The van der Waals surface area contributed by atoms with Crippen molar-refractivity contribution in [1.82, 2.24) is 9.38 Å². The second-order valence-corrected chi connectivity index (χ2v) is 8.29. The van der Waals surface area contributed by atoms with Gasteiger partial charge in [-0.1, -0.05) is 54.1 Å². The molecule has 2 nitrogen and oxygen atoms in total. The lowest BCUT2D eigenvalue weighted by Crippen LogP contribution is -1.98. The lowest BCUT2D eigenvalue weighted by atomic mass is 9.96. The van der Waals surface area contributed by atoms with Crippen LogP contribution in [0.15, 0.2) is 66.9 Å². The Balaban J connectivity index is 2.08. The largest absolute Gasteiger partial charge is 0.292 e. The molecule has 0 fully saturated rings. The summed E-state index contributed by atoms with van der Waals surface area (Å²) in [6.07, 6.45) is 4.23. The highest BCUT2D eigenvalue weighted by atomic mass is 15.0. The molecule has 2 heterocycles. The van der Waals surface area contributed by atoms with Crippen LogP contribution in [0.2, 0.25) is 0 Å². The fourth-order valence-electron chi connectivity index (χ4n) is 4.73. The Morgan fingerprint density at radius 1 is 0.900 bits per heavy atom. The van der Waals surface area contributed by atoms with Crippen LogP contribution in [0.3, 0.4) is 0 Å². The van der Waals surface area contributed by atoms with Gasteiger partial charge in [0.05, 0.1) is 17.4 Å². The van der Waals surface area contributed by atoms with Crippen molar-refractivity contribution in [3.05, 3.63) is 89.1 Å².